The molecule has 2 rings (SSSR count). The van der Waals surface area contributed by atoms with Crippen molar-refractivity contribution in [2.24, 2.45) is 23.7 Å². The maximum absolute atomic E-state index is 12.9. The van der Waals surface area contributed by atoms with E-state index in [9.17, 15) is 14.4 Å². The zero-order valence-electron chi connectivity index (χ0n) is 19.1. The Bertz CT molecular complexity index is 788. The lowest BCUT2D eigenvalue weighted by molar-refractivity contribution is -0.138. The molecule has 0 spiro atoms. The Morgan fingerprint density at radius 3 is 2.45 bits per heavy atom. The number of hydrogen-bond donors (Lipinski definition) is 2. The standard InChI is InChI=1S/C25H36N2O4/c1-17(2)22-13-20(14-24(29)27(4)16-19-8-6-5-7-9-19)18(3)12-21(22)15-26-23(28)10-11-25(30)31/h5-9,12,17,20-22H,10-11,13-16H2,1-4H3,(H,26,28)(H,30,31)/t20-,21-,22-/m0/s1. The number of carboxylic acid groups (broad SMARTS) is 1. The molecule has 1 aromatic rings. The number of carbonyl (C=O) groups excluding carboxylic acids is 2. The Morgan fingerprint density at radius 1 is 1.16 bits per heavy atom. The molecule has 0 bridgehead atoms. The van der Waals surface area contributed by atoms with Gasteiger partial charge < -0.3 is 15.3 Å². The van der Waals surface area contributed by atoms with Crippen molar-refractivity contribution in [3.63, 3.8) is 0 Å². The van der Waals surface area contributed by atoms with Crippen molar-refractivity contribution in [3.05, 3.63) is 47.5 Å². The lowest BCUT2D eigenvalue weighted by Gasteiger charge is -2.37. The van der Waals surface area contributed by atoms with Crippen molar-refractivity contribution in [1.29, 1.82) is 0 Å². The van der Waals surface area contributed by atoms with Gasteiger partial charge in [0, 0.05) is 33.0 Å². The first-order chi connectivity index (χ1) is 14.7. The predicted octanol–water partition coefficient (Wildman–Crippen LogP) is 3.87. The number of carbonyl (C=O) groups is 3. The van der Waals surface area contributed by atoms with Crippen LogP contribution in [0, 0.1) is 23.7 Å². The smallest absolute Gasteiger partial charge is 0.303 e. The van der Waals surface area contributed by atoms with Crippen LogP contribution in [0.1, 0.15) is 52.0 Å². The molecular formula is C25H36N2O4. The first-order valence-electron chi connectivity index (χ1n) is 11.1. The third-order valence-electron chi connectivity index (χ3n) is 6.29. The van der Waals surface area contributed by atoms with Crippen LogP contribution in [-0.4, -0.2) is 41.4 Å². The van der Waals surface area contributed by atoms with Crippen molar-refractivity contribution in [1.82, 2.24) is 10.2 Å². The third kappa shape index (κ3) is 7.85. The minimum Gasteiger partial charge on any atom is -0.481 e. The van der Waals surface area contributed by atoms with Crippen molar-refractivity contribution in [2.45, 2.75) is 53.0 Å². The summed E-state index contributed by atoms with van der Waals surface area (Å²) in [4.78, 5) is 37.2. The summed E-state index contributed by atoms with van der Waals surface area (Å²) < 4.78 is 0. The largest absolute Gasteiger partial charge is 0.481 e. The molecule has 170 valence electrons. The Labute approximate surface area is 185 Å². The minimum atomic E-state index is -0.964. The Hall–Kier alpha value is -2.63. The highest BCUT2D eigenvalue weighted by Crippen LogP contribution is 2.39. The van der Waals surface area contributed by atoms with Crippen LogP contribution in [0.15, 0.2) is 42.0 Å². The van der Waals surface area contributed by atoms with Gasteiger partial charge in [-0.1, -0.05) is 55.8 Å². The van der Waals surface area contributed by atoms with Gasteiger partial charge in [-0.05, 0) is 42.6 Å². The highest BCUT2D eigenvalue weighted by molar-refractivity contribution is 5.80. The Balaban J connectivity index is 1.96. The van der Waals surface area contributed by atoms with E-state index >= 15 is 0 Å². The van der Waals surface area contributed by atoms with E-state index in [0.29, 0.717) is 31.3 Å². The normalized spacial score (nSPS) is 20.8. The summed E-state index contributed by atoms with van der Waals surface area (Å²) >= 11 is 0. The van der Waals surface area contributed by atoms with Gasteiger partial charge >= 0.3 is 5.97 Å². The van der Waals surface area contributed by atoms with E-state index in [4.69, 9.17) is 5.11 Å². The Morgan fingerprint density at radius 2 is 1.84 bits per heavy atom. The second-order valence-corrected chi connectivity index (χ2v) is 9.05. The summed E-state index contributed by atoms with van der Waals surface area (Å²) in [6.45, 7) is 7.55. The predicted molar refractivity (Wildman–Crippen MR) is 121 cm³/mol. The van der Waals surface area contributed by atoms with Gasteiger partial charge in [0.05, 0.1) is 6.42 Å². The first kappa shape index (κ1) is 24.6. The van der Waals surface area contributed by atoms with Gasteiger partial charge in [0.25, 0.3) is 0 Å². The fourth-order valence-corrected chi connectivity index (χ4v) is 4.36. The van der Waals surface area contributed by atoms with Crippen LogP contribution in [0.3, 0.4) is 0 Å². The summed E-state index contributed by atoms with van der Waals surface area (Å²) in [6, 6.07) is 9.99. The lowest BCUT2D eigenvalue weighted by atomic mass is 9.69. The molecule has 0 saturated carbocycles. The highest BCUT2D eigenvalue weighted by atomic mass is 16.4. The summed E-state index contributed by atoms with van der Waals surface area (Å²) in [7, 11) is 1.85. The van der Waals surface area contributed by atoms with Gasteiger partial charge in [0.15, 0.2) is 0 Å². The van der Waals surface area contributed by atoms with Crippen LogP contribution in [0.4, 0.5) is 0 Å². The zero-order chi connectivity index (χ0) is 23.0. The SMILES string of the molecule is CC1=C[C@@H](CNC(=O)CCC(=O)O)[C@H](C(C)C)C[C@H]1CC(=O)N(C)Cc1ccccc1. The number of nitrogens with zero attached hydrogens (tertiary/aromatic N) is 1. The van der Waals surface area contributed by atoms with Gasteiger partial charge in [-0.2, -0.15) is 0 Å². The molecule has 31 heavy (non-hydrogen) atoms. The topological polar surface area (TPSA) is 86.7 Å². The number of hydrogen-bond acceptors (Lipinski definition) is 3. The average molecular weight is 429 g/mol. The van der Waals surface area contributed by atoms with Gasteiger partial charge in [-0.15, -0.1) is 0 Å². The van der Waals surface area contributed by atoms with E-state index in [1.54, 1.807) is 4.90 Å². The molecule has 2 amide bonds. The number of aliphatic carboxylic acids is 1. The Kier molecular flexibility index (Phi) is 9.28. The molecule has 0 saturated heterocycles. The molecule has 6 nitrogen and oxygen atoms in total. The van der Waals surface area contributed by atoms with E-state index < -0.39 is 5.97 Å². The molecule has 2 N–H and O–H groups in total. The molecule has 0 fully saturated rings. The molecule has 6 heteroatoms. The molecular weight excluding hydrogens is 392 g/mol. The van der Waals surface area contributed by atoms with Crippen molar-refractivity contribution >= 4 is 17.8 Å². The van der Waals surface area contributed by atoms with Crippen LogP contribution >= 0.6 is 0 Å². The van der Waals surface area contributed by atoms with Gasteiger partial charge in [0.2, 0.25) is 11.8 Å². The number of carboxylic acids is 1. The molecule has 0 aromatic heterocycles. The quantitative estimate of drug-likeness (QED) is 0.554. The van der Waals surface area contributed by atoms with Gasteiger partial charge in [-0.3, -0.25) is 14.4 Å². The average Bonchev–Trinajstić information content (AvgIpc) is 2.72. The van der Waals surface area contributed by atoms with Crippen LogP contribution in [-0.2, 0) is 20.9 Å². The first-order valence-corrected chi connectivity index (χ1v) is 11.1. The maximum atomic E-state index is 12.9. The maximum Gasteiger partial charge on any atom is 0.303 e. The monoisotopic (exact) mass is 428 g/mol. The molecule has 1 aliphatic rings. The van der Waals surface area contributed by atoms with Crippen molar-refractivity contribution in [2.75, 3.05) is 13.6 Å². The molecule has 1 aromatic carbocycles. The summed E-state index contributed by atoms with van der Waals surface area (Å²) in [6.07, 6.45) is 3.47. The number of amides is 2. The molecule has 1 aliphatic carbocycles. The number of benzene rings is 1. The molecule has 0 aliphatic heterocycles. The second-order valence-electron chi connectivity index (χ2n) is 9.05. The highest BCUT2D eigenvalue weighted by Gasteiger charge is 2.33. The van der Waals surface area contributed by atoms with Crippen LogP contribution in [0.5, 0.6) is 0 Å². The molecule has 0 unspecified atom stereocenters. The molecule has 0 radical (unpaired) electrons. The van der Waals surface area contributed by atoms with E-state index in [1.807, 2.05) is 37.4 Å². The van der Waals surface area contributed by atoms with Gasteiger partial charge in [0.1, 0.15) is 0 Å². The molecule has 0 heterocycles. The number of allylic oxidation sites excluding steroid dienone is 1. The minimum absolute atomic E-state index is 0.00196. The van der Waals surface area contributed by atoms with Gasteiger partial charge in [-0.25, -0.2) is 0 Å². The van der Waals surface area contributed by atoms with E-state index in [0.717, 1.165) is 12.0 Å². The molecule has 3 atom stereocenters. The fourth-order valence-electron chi connectivity index (χ4n) is 4.36. The summed E-state index contributed by atoms with van der Waals surface area (Å²) in [5.74, 6) is 0.138. The number of nitrogens with one attached hydrogen (secondary N) is 1. The van der Waals surface area contributed by atoms with Crippen LogP contribution in [0.2, 0.25) is 0 Å². The van der Waals surface area contributed by atoms with Crippen LogP contribution in [0.25, 0.3) is 0 Å². The lowest BCUT2D eigenvalue weighted by Crippen LogP contribution is -2.38. The summed E-state index contributed by atoms with van der Waals surface area (Å²) in [5.41, 5.74) is 2.32. The van der Waals surface area contributed by atoms with Crippen molar-refractivity contribution < 1.29 is 19.5 Å². The fraction of sp³-hybridized carbons (Fsp3) is 0.560. The zero-order valence-corrected chi connectivity index (χ0v) is 19.1. The third-order valence-corrected chi connectivity index (χ3v) is 6.29. The van der Waals surface area contributed by atoms with E-state index in [-0.39, 0.29) is 36.5 Å². The summed E-state index contributed by atoms with van der Waals surface area (Å²) in [5, 5.41) is 11.6. The van der Waals surface area contributed by atoms with E-state index in [2.05, 4.69) is 32.2 Å². The van der Waals surface area contributed by atoms with Crippen LogP contribution < -0.4 is 5.32 Å². The van der Waals surface area contributed by atoms with E-state index in [1.165, 1.54) is 5.57 Å². The van der Waals surface area contributed by atoms with Crippen molar-refractivity contribution in [3.8, 4) is 0 Å². The second kappa shape index (κ2) is 11.7. The number of rotatable bonds is 10.